The van der Waals surface area contributed by atoms with Gasteiger partial charge < -0.3 is 5.73 Å². The van der Waals surface area contributed by atoms with Crippen LogP contribution >= 0.6 is 0 Å². The summed E-state index contributed by atoms with van der Waals surface area (Å²) < 4.78 is 46.6. The number of hydrogen-bond acceptors (Lipinski definition) is 1. The molecular weight excluding hydrogens is 150 g/mol. The normalized spacial score (nSPS) is 35.7. The maximum atomic E-state index is 12.1. The Bertz CT molecular complexity index is 132. The van der Waals surface area contributed by atoms with Gasteiger partial charge in [-0.25, -0.2) is 4.39 Å². The van der Waals surface area contributed by atoms with Crippen molar-refractivity contribution >= 4 is 0 Å². The molecular formula is C5H7F4N. The van der Waals surface area contributed by atoms with E-state index in [-0.39, 0.29) is 6.42 Å². The first-order valence-corrected chi connectivity index (χ1v) is 2.89. The lowest BCUT2D eigenvalue weighted by molar-refractivity contribution is -0.186. The van der Waals surface area contributed by atoms with Gasteiger partial charge in [0.25, 0.3) is 0 Å². The van der Waals surface area contributed by atoms with Crippen LogP contribution in [-0.4, -0.2) is 18.4 Å². The molecule has 0 radical (unpaired) electrons. The highest BCUT2D eigenvalue weighted by Crippen LogP contribution is 2.41. The largest absolute Gasteiger partial charge is 0.419 e. The van der Waals surface area contributed by atoms with Crippen LogP contribution in [0.3, 0.4) is 0 Å². The van der Waals surface area contributed by atoms with Crippen molar-refractivity contribution in [3.63, 3.8) is 0 Å². The van der Waals surface area contributed by atoms with Gasteiger partial charge in [0, 0.05) is 12.0 Å². The molecule has 0 aromatic heterocycles. The van der Waals surface area contributed by atoms with Gasteiger partial charge in [0.15, 0.2) is 6.17 Å². The van der Waals surface area contributed by atoms with E-state index in [1.54, 1.807) is 0 Å². The maximum absolute atomic E-state index is 12.1. The molecule has 3 atom stereocenters. The minimum Gasteiger partial charge on any atom is -0.327 e. The molecule has 0 saturated heterocycles. The van der Waals surface area contributed by atoms with E-state index < -0.39 is 24.3 Å². The summed E-state index contributed by atoms with van der Waals surface area (Å²) in [4.78, 5) is 0. The van der Waals surface area contributed by atoms with Crippen LogP contribution in [0.5, 0.6) is 0 Å². The van der Waals surface area contributed by atoms with E-state index in [1.807, 2.05) is 0 Å². The first-order chi connectivity index (χ1) is 4.43. The van der Waals surface area contributed by atoms with Crippen molar-refractivity contribution in [2.45, 2.75) is 24.8 Å². The molecule has 2 N–H and O–H groups in total. The van der Waals surface area contributed by atoms with Crippen molar-refractivity contribution in [2.24, 2.45) is 11.7 Å². The highest BCUT2D eigenvalue weighted by Gasteiger charge is 2.53. The molecule has 60 valence electrons. The van der Waals surface area contributed by atoms with Gasteiger partial charge in [-0.15, -0.1) is 0 Å². The smallest absolute Gasteiger partial charge is 0.327 e. The van der Waals surface area contributed by atoms with Crippen LogP contribution in [0.4, 0.5) is 17.6 Å². The molecule has 5 heteroatoms. The van der Waals surface area contributed by atoms with E-state index in [2.05, 4.69) is 0 Å². The highest BCUT2D eigenvalue weighted by atomic mass is 19.4. The van der Waals surface area contributed by atoms with Crippen LogP contribution in [-0.2, 0) is 0 Å². The average Bonchev–Trinajstić information content (AvgIpc) is 2.42. The quantitative estimate of drug-likeness (QED) is 0.569. The monoisotopic (exact) mass is 157 g/mol. The van der Waals surface area contributed by atoms with E-state index >= 15 is 0 Å². The molecule has 0 bridgehead atoms. The molecule has 1 aliphatic rings. The number of halogens is 4. The lowest BCUT2D eigenvalue weighted by Gasteiger charge is -2.10. The minimum atomic E-state index is -4.72. The van der Waals surface area contributed by atoms with Crippen molar-refractivity contribution in [3.05, 3.63) is 0 Å². The Morgan fingerprint density at radius 2 is 1.80 bits per heavy atom. The van der Waals surface area contributed by atoms with Crippen molar-refractivity contribution < 1.29 is 17.6 Å². The van der Waals surface area contributed by atoms with E-state index in [9.17, 15) is 17.6 Å². The van der Waals surface area contributed by atoms with Gasteiger partial charge in [0.05, 0.1) is 0 Å². The Hall–Kier alpha value is -0.320. The van der Waals surface area contributed by atoms with Crippen LogP contribution in [0, 0.1) is 5.92 Å². The van der Waals surface area contributed by atoms with Crippen molar-refractivity contribution in [1.29, 1.82) is 0 Å². The fourth-order valence-corrected chi connectivity index (χ4v) is 0.815. The fourth-order valence-electron chi connectivity index (χ4n) is 0.815. The predicted octanol–water partition coefficient (Wildman–Crippen LogP) is 1.23. The van der Waals surface area contributed by atoms with E-state index in [0.717, 1.165) is 0 Å². The van der Waals surface area contributed by atoms with Crippen molar-refractivity contribution in [1.82, 2.24) is 0 Å². The summed E-state index contributed by atoms with van der Waals surface area (Å²) >= 11 is 0. The molecule has 0 aliphatic heterocycles. The summed E-state index contributed by atoms with van der Waals surface area (Å²) in [5.41, 5.74) is 5.02. The third-order valence-electron chi connectivity index (χ3n) is 1.58. The Labute approximate surface area is 55.2 Å². The molecule has 0 aromatic carbocycles. The first-order valence-electron chi connectivity index (χ1n) is 2.89. The summed E-state index contributed by atoms with van der Waals surface area (Å²) in [6.07, 6.45) is -7.29. The van der Waals surface area contributed by atoms with Crippen LogP contribution in [0.15, 0.2) is 0 Å². The van der Waals surface area contributed by atoms with Crippen LogP contribution in [0.2, 0.25) is 0 Å². The second-order valence-corrected chi connectivity index (χ2v) is 2.51. The van der Waals surface area contributed by atoms with Crippen LogP contribution < -0.4 is 5.73 Å². The Balaban J connectivity index is 2.42. The second kappa shape index (κ2) is 2.08. The lowest BCUT2D eigenvalue weighted by atomic mass is 10.2. The maximum Gasteiger partial charge on any atom is 0.419 e. The number of rotatable bonds is 1. The van der Waals surface area contributed by atoms with Gasteiger partial charge in [-0.3, -0.25) is 0 Å². The second-order valence-electron chi connectivity index (χ2n) is 2.51. The summed E-state index contributed by atoms with van der Waals surface area (Å²) in [5.74, 6) is -0.986. The van der Waals surface area contributed by atoms with Gasteiger partial charge in [-0.2, -0.15) is 13.2 Å². The van der Waals surface area contributed by atoms with Gasteiger partial charge in [0.2, 0.25) is 0 Å². The van der Waals surface area contributed by atoms with E-state index in [0.29, 0.717) is 0 Å². The zero-order chi connectivity index (χ0) is 7.94. The highest BCUT2D eigenvalue weighted by molar-refractivity contribution is 4.97. The number of nitrogens with two attached hydrogens (primary N) is 1. The molecule has 10 heavy (non-hydrogen) atoms. The summed E-state index contributed by atoms with van der Waals surface area (Å²) in [7, 11) is 0. The van der Waals surface area contributed by atoms with Crippen molar-refractivity contribution in [2.75, 3.05) is 0 Å². The molecule has 1 fully saturated rings. The van der Waals surface area contributed by atoms with Gasteiger partial charge >= 0.3 is 6.18 Å². The molecule has 0 aromatic rings. The van der Waals surface area contributed by atoms with Crippen LogP contribution in [0.1, 0.15) is 6.42 Å². The van der Waals surface area contributed by atoms with Gasteiger partial charge in [-0.1, -0.05) is 0 Å². The lowest BCUT2D eigenvalue weighted by Crippen LogP contribution is -2.28. The predicted molar refractivity (Wildman–Crippen MR) is 27.0 cm³/mol. The molecule has 1 saturated carbocycles. The summed E-state index contributed by atoms with van der Waals surface area (Å²) in [6.45, 7) is 0. The van der Waals surface area contributed by atoms with Crippen molar-refractivity contribution in [3.8, 4) is 0 Å². The molecule has 1 aliphatic carbocycles. The first kappa shape index (κ1) is 7.78. The fraction of sp³-hybridized carbons (Fsp3) is 1.00. The Kier molecular flexibility index (Phi) is 1.62. The van der Waals surface area contributed by atoms with Gasteiger partial charge in [0.1, 0.15) is 0 Å². The molecule has 0 spiro atoms. The van der Waals surface area contributed by atoms with E-state index in [4.69, 9.17) is 5.73 Å². The average molecular weight is 157 g/mol. The minimum absolute atomic E-state index is 0.153. The number of hydrogen-bond donors (Lipinski definition) is 1. The Morgan fingerprint density at radius 3 is 1.90 bits per heavy atom. The molecule has 3 unspecified atom stereocenters. The molecule has 0 heterocycles. The Morgan fingerprint density at radius 1 is 1.40 bits per heavy atom. The number of alkyl halides is 4. The summed E-state index contributed by atoms with van der Waals surface area (Å²) in [5, 5.41) is 0. The summed E-state index contributed by atoms with van der Waals surface area (Å²) in [6, 6.07) is -0.586. The third-order valence-corrected chi connectivity index (χ3v) is 1.58. The topological polar surface area (TPSA) is 26.0 Å². The zero-order valence-corrected chi connectivity index (χ0v) is 5.03. The standard InChI is InChI=1S/C5H7F4N/c6-4(5(7,8)9)2-1-3(2)10/h2-4H,1,10H2. The van der Waals surface area contributed by atoms with Crippen LogP contribution in [0.25, 0.3) is 0 Å². The third kappa shape index (κ3) is 1.39. The van der Waals surface area contributed by atoms with Gasteiger partial charge in [-0.05, 0) is 6.42 Å². The van der Waals surface area contributed by atoms with E-state index in [1.165, 1.54) is 0 Å². The zero-order valence-electron chi connectivity index (χ0n) is 5.03. The SMILES string of the molecule is NC1CC1C(F)C(F)(F)F. The molecule has 1 nitrogen and oxygen atoms in total. The molecule has 1 rings (SSSR count). The molecule has 0 amide bonds.